The zero-order valence-corrected chi connectivity index (χ0v) is 12.1. The predicted molar refractivity (Wildman–Crippen MR) is 79.3 cm³/mol. The van der Waals surface area contributed by atoms with Gasteiger partial charge in [-0.3, -0.25) is 4.79 Å². The van der Waals surface area contributed by atoms with Crippen molar-refractivity contribution in [1.29, 1.82) is 0 Å². The van der Waals surface area contributed by atoms with E-state index in [1.807, 2.05) is 17.0 Å². The van der Waals surface area contributed by atoms with Crippen molar-refractivity contribution in [3.8, 4) is 0 Å². The number of nitrogens with zero attached hydrogens (tertiary/aromatic N) is 4. The summed E-state index contributed by atoms with van der Waals surface area (Å²) in [5.74, 6) is 0.255. The molecule has 1 fully saturated rings. The van der Waals surface area contributed by atoms with Crippen molar-refractivity contribution < 1.29 is 4.79 Å². The molecule has 1 atom stereocenters. The predicted octanol–water partition coefficient (Wildman–Crippen LogP) is 1.53. The average molecular weight is 285 g/mol. The van der Waals surface area contributed by atoms with Crippen LogP contribution in [0.5, 0.6) is 0 Å². The van der Waals surface area contributed by atoms with Gasteiger partial charge in [0, 0.05) is 6.54 Å². The van der Waals surface area contributed by atoms with Crippen LogP contribution in [-0.4, -0.2) is 32.1 Å². The summed E-state index contributed by atoms with van der Waals surface area (Å²) in [6.07, 6.45) is 3.53. The van der Waals surface area contributed by atoms with Crippen molar-refractivity contribution in [2.24, 2.45) is 0 Å². The van der Waals surface area contributed by atoms with E-state index in [0.29, 0.717) is 0 Å². The molecule has 6 nitrogen and oxygen atoms in total. The van der Waals surface area contributed by atoms with Crippen molar-refractivity contribution in [2.45, 2.75) is 32.4 Å². The Labute approximate surface area is 123 Å². The second-order valence-corrected chi connectivity index (χ2v) is 5.40. The standard InChI is InChI=1S/C15H19N5O/c1-11-5-2-3-6-12(11)13-7-4-8-20(13)14(21)9-19-10-17-15(16)18-19/h2-3,5-6,10,13H,4,7-9H2,1H3,(H2,16,18). The number of nitrogens with two attached hydrogens (primary N) is 1. The lowest BCUT2D eigenvalue weighted by molar-refractivity contribution is -0.133. The molecule has 3 rings (SSSR count). The molecule has 0 spiro atoms. The molecule has 110 valence electrons. The van der Waals surface area contributed by atoms with E-state index >= 15 is 0 Å². The Morgan fingerprint density at radius 3 is 2.95 bits per heavy atom. The van der Waals surface area contributed by atoms with Crippen LogP contribution in [0, 0.1) is 6.92 Å². The highest BCUT2D eigenvalue weighted by Gasteiger charge is 2.30. The number of carbonyl (C=O) groups excluding carboxylic acids is 1. The molecule has 0 saturated carbocycles. The Hall–Kier alpha value is -2.37. The van der Waals surface area contributed by atoms with Gasteiger partial charge >= 0.3 is 0 Å². The smallest absolute Gasteiger partial charge is 0.244 e. The lowest BCUT2D eigenvalue weighted by Crippen LogP contribution is -2.33. The fraction of sp³-hybridized carbons (Fsp3) is 0.400. The molecule has 1 unspecified atom stereocenters. The van der Waals surface area contributed by atoms with Crippen molar-refractivity contribution in [3.63, 3.8) is 0 Å². The van der Waals surface area contributed by atoms with Crippen LogP contribution in [0.15, 0.2) is 30.6 Å². The van der Waals surface area contributed by atoms with Crippen LogP contribution in [-0.2, 0) is 11.3 Å². The van der Waals surface area contributed by atoms with Gasteiger partial charge in [-0.1, -0.05) is 24.3 Å². The molecule has 0 radical (unpaired) electrons. The summed E-state index contributed by atoms with van der Waals surface area (Å²) in [4.78, 5) is 18.3. The minimum atomic E-state index is 0.0608. The minimum absolute atomic E-state index is 0.0608. The number of aryl methyl sites for hydroxylation is 1. The molecule has 21 heavy (non-hydrogen) atoms. The summed E-state index contributed by atoms with van der Waals surface area (Å²) < 4.78 is 1.49. The molecule has 0 bridgehead atoms. The largest absolute Gasteiger partial charge is 0.367 e. The molecule has 6 heteroatoms. The maximum absolute atomic E-state index is 12.5. The number of amides is 1. The SMILES string of the molecule is Cc1ccccc1C1CCCN1C(=O)Cn1cnc(N)n1. The van der Waals surface area contributed by atoms with Gasteiger partial charge in [0.2, 0.25) is 11.9 Å². The molecule has 2 aromatic rings. The zero-order chi connectivity index (χ0) is 14.8. The van der Waals surface area contributed by atoms with Crippen LogP contribution < -0.4 is 5.73 Å². The Balaban J connectivity index is 1.77. The first-order valence-electron chi connectivity index (χ1n) is 7.15. The number of hydrogen-bond acceptors (Lipinski definition) is 4. The number of hydrogen-bond donors (Lipinski definition) is 1. The molecule has 1 aromatic carbocycles. The summed E-state index contributed by atoms with van der Waals surface area (Å²) in [5, 5.41) is 3.97. The number of nitrogen functional groups attached to an aromatic ring is 1. The van der Waals surface area contributed by atoms with E-state index in [1.54, 1.807) is 0 Å². The van der Waals surface area contributed by atoms with E-state index in [2.05, 4.69) is 29.1 Å². The third-order valence-corrected chi connectivity index (χ3v) is 3.97. The number of aromatic nitrogens is 3. The molecule has 2 N–H and O–H groups in total. The maximum atomic E-state index is 12.5. The zero-order valence-electron chi connectivity index (χ0n) is 12.1. The van der Waals surface area contributed by atoms with Gasteiger partial charge in [-0.15, -0.1) is 5.10 Å². The van der Waals surface area contributed by atoms with E-state index in [9.17, 15) is 4.79 Å². The van der Waals surface area contributed by atoms with Crippen LogP contribution in [0.1, 0.15) is 30.0 Å². The van der Waals surface area contributed by atoms with Gasteiger partial charge in [-0.05, 0) is 30.9 Å². The Kier molecular flexibility index (Phi) is 3.60. The molecule has 1 aromatic heterocycles. The molecular formula is C15H19N5O. The summed E-state index contributed by atoms with van der Waals surface area (Å²) in [7, 11) is 0. The fourth-order valence-electron chi connectivity index (χ4n) is 2.96. The number of rotatable bonds is 3. The van der Waals surface area contributed by atoms with E-state index in [0.717, 1.165) is 19.4 Å². The molecule has 1 amide bonds. The first kappa shape index (κ1) is 13.6. The summed E-state index contributed by atoms with van der Waals surface area (Å²) in [6, 6.07) is 8.42. The number of likely N-dealkylation sites (tertiary alicyclic amines) is 1. The molecule has 1 aliphatic rings. The van der Waals surface area contributed by atoms with Gasteiger partial charge in [-0.2, -0.15) is 0 Å². The first-order chi connectivity index (χ1) is 10.1. The number of carbonyl (C=O) groups is 1. The molecule has 2 heterocycles. The third-order valence-electron chi connectivity index (χ3n) is 3.97. The topological polar surface area (TPSA) is 77.0 Å². The van der Waals surface area contributed by atoms with Crippen LogP contribution in [0.25, 0.3) is 0 Å². The molecule has 1 aliphatic heterocycles. The van der Waals surface area contributed by atoms with E-state index in [4.69, 9.17) is 5.73 Å². The van der Waals surface area contributed by atoms with Crippen molar-refractivity contribution >= 4 is 11.9 Å². The summed E-state index contributed by atoms with van der Waals surface area (Å²) in [6.45, 7) is 3.07. The second kappa shape index (κ2) is 5.55. The number of anilines is 1. The van der Waals surface area contributed by atoms with Gasteiger partial charge in [0.05, 0.1) is 6.04 Å². The normalized spacial score (nSPS) is 18.1. The van der Waals surface area contributed by atoms with E-state index < -0.39 is 0 Å². The summed E-state index contributed by atoms with van der Waals surface area (Å²) in [5.41, 5.74) is 7.94. The van der Waals surface area contributed by atoms with Crippen LogP contribution in [0.3, 0.4) is 0 Å². The highest BCUT2D eigenvalue weighted by atomic mass is 16.2. The van der Waals surface area contributed by atoms with Crippen LogP contribution in [0.4, 0.5) is 5.95 Å². The van der Waals surface area contributed by atoms with Gasteiger partial charge in [0.1, 0.15) is 12.9 Å². The lowest BCUT2D eigenvalue weighted by Gasteiger charge is -2.26. The monoisotopic (exact) mass is 285 g/mol. The van der Waals surface area contributed by atoms with Crippen molar-refractivity contribution in [1.82, 2.24) is 19.7 Å². The van der Waals surface area contributed by atoms with Gasteiger partial charge in [-0.25, -0.2) is 9.67 Å². The van der Waals surface area contributed by atoms with Crippen molar-refractivity contribution in [2.75, 3.05) is 12.3 Å². The van der Waals surface area contributed by atoms with Gasteiger partial charge < -0.3 is 10.6 Å². The fourth-order valence-corrected chi connectivity index (χ4v) is 2.96. The Morgan fingerprint density at radius 2 is 2.24 bits per heavy atom. The Bertz CT molecular complexity index is 651. The van der Waals surface area contributed by atoms with Crippen LogP contribution in [0.2, 0.25) is 0 Å². The minimum Gasteiger partial charge on any atom is -0.367 e. The van der Waals surface area contributed by atoms with E-state index in [-0.39, 0.29) is 24.4 Å². The highest BCUT2D eigenvalue weighted by molar-refractivity contribution is 5.76. The summed E-state index contributed by atoms with van der Waals surface area (Å²) >= 11 is 0. The molecular weight excluding hydrogens is 266 g/mol. The van der Waals surface area contributed by atoms with Crippen LogP contribution >= 0.6 is 0 Å². The van der Waals surface area contributed by atoms with Gasteiger partial charge in [0.25, 0.3) is 0 Å². The molecule has 1 saturated heterocycles. The Morgan fingerprint density at radius 1 is 1.43 bits per heavy atom. The third kappa shape index (κ3) is 2.74. The second-order valence-electron chi connectivity index (χ2n) is 5.40. The average Bonchev–Trinajstić information content (AvgIpc) is 3.08. The lowest BCUT2D eigenvalue weighted by atomic mass is 9.99. The maximum Gasteiger partial charge on any atom is 0.244 e. The quantitative estimate of drug-likeness (QED) is 0.927. The number of benzene rings is 1. The first-order valence-corrected chi connectivity index (χ1v) is 7.15. The van der Waals surface area contributed by atoms with E-state index in [1.165, 1.54) is 22.1 Å². The van der Waals surface area contributed by atoms with Gasteiger partial charge in [0.15, 0.2) is 0 Å². The van der Waals surface area contributed by atoms with Crippen molar-refractivity contribution in [3.05, 3.63) is 41.7 Å². The highest BCUT2D eigenvalue weighted by Crippen LogP contribution is 2.33. The molecule has 0 aliphatic carbocycles.